The second-order valence-electron chi connectivity index (χ2n) is 6.44. The summed E-state index contributed by atoms with van der Waals surface area (Å²) < 4.78 is 0. The lowest BCUT2D eigenvalue weighted by molar-refractivity contribution is -0.111. The van der Waals surface area contributed by atoms with Crippen LogP contribution in [0.5, 0.6) is 0 Å². The van der Waals surface area contributed by atoms with E-state index in [9.17, 15) is 9.59 Å². The molecule has 7 heteroatoms. The van der Waals surface area contributed by atoms with Crippen LogP contribution in [0, 0.1) is 13.8 Å². The number of aromatic nitrogens is 2. The predicted octanol–water partition coefficient (Wildman–Crippen LogP) is 4.65. The van der Waals surface area contributed by atoms with Crippen LogP contribution in [0.1, 0.15) is 27.0 Å². The summed E-state index contributed by atoms with van der Waals surface area (Å²) >= 11 is 6.10. The molecule has 146 valence electrons. The number of hydrogen-bond donors (Lipinski definition) is 2. The number of aryl methyl sites for hydroxylation is 2. The number of nitrogens with zero attached hydrogens (tertiary/aromatic N) is 2. The van der Waals surface area contributed by atoms with E-state index in [-0.39, 0.29) is 11.8 Å². The maximum absolute atomic E-state index is 12.5. The standard InChI is InChI=1S/C22H19ClN4O2/c1-14-3-6-17(9-19(14)23)22(29)26-18-7-4-15(2)20(10-18)27-21(28)8-5-16-11-24-13-25-12-16/h3-13H,1-2H3,(H,26,29)(H,27,28). The molecule has 0 aliphatic heterocycles. The predicted molar refractivity (Wildman–Crippen MR) is 115 cm³/mol. The van der Waals surface area contributed by atoms with Crippen molar-refractivity contribution in [2.75, 3.05) is 10.6 Å². The highest BCUT2D eigenvalue weighted by Crippen LogP contribution is 2.22. The first-order chi connectivity index (χ1) is 13.9. The molecule has 0 bridgehead atoms. The van der Waals surface area contributed by atoms with E-state index < -0.39 is 0 Å². The SMILES string of the molecule is Cc1ccc(C(=O)Nc2ccc(C)c(NC(=O)C=Cc3cncnc3)c2)cc1Cl. The second kappa shape index (κ2) is 9.12. The zero-order valence-electron chi connectivity index (χ0n) is 15.9. The highest BCUT2D eigenvalue weighted by atomic mass is 35.5. The molecule has 29 heavy (non-hydrogen) atoms. The fourth-order valence-electron chi connectivity index (χ4n) is 2.51. The first-order valence-corrected chi connectivity index (χ1v) is 9.22. The Morgan fingerprint density at radius 1 is 0.966 bits per heavy atom. The largest absolute Gasteiger partial charge is 0.322 e. The van der Waals surface area contributed by atoms with Crippen LogP contribution in [0.2, 0.25) is 5.02 Å². The van der Waals surface area contributed by atoms with Crippen molar-refractivity contribution in [1.29, 1.82) is 0 Å². The second-order valence-corrected chi connectivity index (χ2v) is 6.85. The third-order valence-corrected chi connectivity index (χ3v) is 4.60. The number of benzene rings is 2. The maximum Gasteiger partial charge on any atom is 0.255 e. The fourth-order valence-corrected chi connectivity index (χ4v) is 2.70. The molecule has 3 aromatic rings. The van der Waals surface area contributed by atoms with Crippen LogP contribution in [0.3, 0.4) is 0 Å². The fraction of sp³-hybridized carbons (Fsp3) is 0.0909. The molecular weight excluding hydrogens is 388 g/mol. The first-order valence-electron chi connectivity index (χ1n) is 8.84. The minimum Gasteiger partial charge on any atom is -0.322 e. The normalized spacial score (nSPS) is 10.7. The minimum absolute atomic E-state index is 0.281. The molecule has 6 nitrogen and oxygen atoms in total. The van der Waals surface area contributed by atoms with E-state index in [4.69, 9.17) is 11.6 Å². The molecule has 0 aliphatic rings. The number of halogens is 1. The summed E-state index contributed by atoms with van der Waals surface area (Å²) in [7, 11) is 0. The van der Waals surface area contributed by atoms with Crippen molar-refractivity contribution in [3.63, 3.8) is 0 Å². The third kappa shape index (κ3) is 5.49. The topological polar surface area (TPSA) is 84.0 Å². The van der Waals surface area contributed by atoms with E-state index in [0.717, 1.165) is 16.7 Å². The van der Waals surface area contributed by atoms with Gasteiger partial charge in [-0.05, 0) is 55.3 Å². The number of carbonyl (C=O) groups excluding carboxylic acids is 2. The van der Waals surface area contributed by atoms with Crippen LogP contribution in [0.15, 0.2) is 61.2 Å². The Kier molecular flexibility index (Phi) is 6.36. The van der Waals surface area contributed by atoms with Crippen molar-refractivity contribution in [2.24, 2.45) is 0 Å². The third-order valence-electron chi connectivity index (χ3n) is 4.20. The minimum atomic E-state index is -0.300. The number of rotatable bonds is 5. The van der Waals surface area contributed by atoms with Gasteiger partial charge in [0.15, 0.2) is 0 Å². The summed E-state index contributed by atoms with van der Waals surface area (Å²) in [6, 6.07) is 10.4. The van der Waals surface area contributed by atoms with Crippen molar-refractivity contribution in [3.05, 3.63) is 88.5 Å². The van der Waals surface area contributed by atoms with E-state index >= 15 is 0 Å². The van der Waals surface area contributed by atoms with Crippen LogP contribution in [0.4, 0.5) is 11.4 Å². The molecule has 0 atom stereocenters. The van der Waals surface area contributed by atoms with E-state index in [1.165, 1.54) is 12.4 Å². The lowest BCUT2D eigenvalue weighted by Crippen LogP contribution is -2.13. The highest BCUT2D eigenvalue weighted by Gasteiger charge is 2.10. The number of hydrogen-bond acceptors (Lipinski definition) is 4. The Bertz CT molecular complexity index is 1080. The maximum atomic E-state index is 12.5. The average Bonchev–Trinajstić information content (AvgIpc) is 2.71. The van der Waals surface area contributed by atoms with Gasteiger partial charge in [0.1, 0.15) is 6.33 Å². The van der Waals surface area contributed by atoms with Gasteiger partial charge in [0.25, 0.3) is 5.91 Å². The molecule has 0 fully saturated rings. The van der Waals surface area contributed by atoms with E-state index in [1.54, 1.807) is 48.8 Å². The number of amides is 2. The van der Waals surface area contributed by atoms with Gasteiger partial charge < -0.3 is 10.6 Å². The number of carbonyl (C=O) groups is 2. The number of anilines is 2. The molecule has 0 saturated heterocycles. The quantitative estimate of drug-likeness (QED) is 0.604. The summed E-state index contributed by atoms with van der Waals surface area (Å²) in [5.74, 6) is -0.581. The van der Waals surface area contributed by atoms with Gasteiger partial charge in [-0.15, -0.1) is 0 Å². The van der Waals surface area contributed by atoms with Gasteiger partial charge >= 0.3 is 0 Å². The van der Waals surface area contributed by atoms with Gasteiger partial charge in [-0.2, -0.15) is 0 Å². The van der Waals surface area contributed by atoms with Gasteiger partial charge in [-0.1, -0.05) is 23.7 Å². The molecule has 0 unspecified atom stereocenters. The van der Waals surface area contributed by atoms with Crippen LogP contribution >= 0.6 is 11.6 Å². The molecule has 2 amide bonds. The summed E-state index contributed by atoms with van der Waals surface area (Å²) in [5, 5.41) is 6.16. The Morgan fingerprint density at radius 3 is 2.41 bits per heavy atom. The smallest absolute Gasteiger partial charge is 0.255 e. The zero-order chi connectivity index (χ0) is 20.8. The molecule has 0 spiro atoms. The summed E-state index contributed by atoms with van der Waals surface area (Å²) in [5.41, 5.74) is 4.11. The monoisotopic (exact) mass is 406 g/mol. The van der Waals surface area contributed by atoms with Gasteiger partial charge in [-0.25, -0.2) is 9.97 Å². The summed E-state index contributed by atoms with van der Waals surface area (Å²) in [6.07, 6.45) is 7.66. The van der Waals surface area contributed by atoms with E-state index in [1.807, 2.05) is 19.9 Å². The molecular formula is C22H19ClN4O2. The first kappa shape index (κ1) is 20.2. The molecule has 0 radical (unpaired) electrons. The van der Waals surface area contributed by atoms with Crippen molar-refractivity contribution in [3.8, 4) is 0 Å². The van der Waals surface area contributed by atoms with E-state index in [2.05, 4.69) is 20.6 Å². The summed E-state index contributed by atoms with van der Waals surface area (Å²) in [6.45, 7) is 3.74. The van der Waals surface area contributed by atoms with Gasteiger partial charge in [0.2, 0.25) is 5.91 Å². The molecule has 0 saturated carbocycles. The molecule has 0 aliphatic carbocycles. The van der Waals surface area contributed by atoms with Gasteiger partial charge in [0, 0.05) is 46.0 Å². The lowest BCUT2D eigenvalue weighted by Gasteiger charge is -2.11. The Hall–Kier alpha value is -3.51. The Balaban J connectivity index is 1.70. The molecule has 2 aromatic carbocycles. The van der Waals surface area contributed by atoms with Crippen LogP contribution in [-0.4, -0.2) is 21.8 Å². The van der Waals surface area contributed by atoms with Gasteiger partial charge in [-0.3, -0.25) is 9.59 Å². The average molecular weight is 407 g/mol. The van der Waals surface area contributed by atoms with Crippen LogP contribution in [0.25, 0.3) is 6.08 Å². The number of nitrogens with one attached hydrogen (secondary N) is 2. The zero-order valence-corrected chi connectivity index (χ0v) is 16.7. The molecule has 2 N–H and O–H groups in total. The van der Waals surface area contributed by atoms with Crippen molar-refractivity contribution < 1.29 is 9.59 Å². The molecule has 1 aromatic heterocycles. The molecule has 1 heterocycles. The Morgan fingerprint density at radius 2 is 1.69 bits per heavy atom. The van der Waals surface area contributed by atoms with Crippen LogP contribution in [-0.2, 0) is 4.79 Å². The van der Waals surface area contributed by atoms with Crippen LogP contribution < -0.4 is 10.6 Å². The van der Waals surface area contributed by atoms with Crippen molar-refractivity contribution in [2.45, 2.75) is 13.8 Å². The molecule has 3 rings (SSSR count). The Labute approximate surface area is 173 Å². The van der Waals surface area contributed by atoms with Crippen molar-refractivity contribution in [1.82, 2.24) is 9.97 Å². The lowest BCUT2D eigenvalue weighted by atomic mass is 10.1. The summed E-state index contributed by atoms with van der Waals surface area (Å²) in [4.78, 5) is 32.5. The van der Waals surface area contributed by atoms with E-state index in [0.29, 0.717) is 22.0 Å². The van der Waals surface area contributed by atoms with Gasteiger partial charge in [0.05, 0.1) is 0 Å². The highest BCUT2D eigenvalue weighted by molar-refractivity contribution is 6.31. The van der Waals surface area contributed by atoms with Crippen molar-refractivity contribution >= 4 is 40.9 Å².